The van der Waals surface area contributed by atoms with Crippen molar-refractivity contribution in [3.8, 4) is 0 Å². The number of morpholine rings is 1. The van der Waals surface area contributed by atoms with Crippen LogP contribution in [0.3, 0.4) is 0 Å². The molecule has 24 heavy (non-hydrogen) atoms. The lowest BCUT2D eigenvalue weighted by Gasteiger charge is -2.51. The van der Waals surface area contributed by atoms with Crippen molar-refractivity contribution in [1.82, 2.24) is 0 Å². The number of piperidine rings is 2. The third kappa shape index (κ3) is 5.90. The Labute approximate surface area is 182 Å². The summed E-state index contributed by atoms with van der Waals surface area (Å²) in [5, 5.41) is 0. The van der Waals surface area contributed by atoms with Crippen LogP contribution in [0.5, 0.6) is 0 Å². The minimum Gasteiger partial charge on any atom is -1.00 e. The van der Waals surface area contributed by atoms with E-state index in [1.807, 2.05) is 0 Å². The average Bonchev–Trinajstić information content (AvgIpc) is 2.51. The molecule has 3 aliphatic heterocycles. The molecule has 3 rings (SSSR count). The topological polar surface area (TPSA) is 18.5 Å². The van der Waals surface area contributed by atoms with Crippen molar-refractivity contribution in [3.63, 3.8) is 0 Å². The number of hydrogen-bond acceptors (Lipinski definition) is 2. The van der Waals surface area contributed by atoms with Crippen molar-refractivity contribution in [3.05, 3.63) is 0 Å². The van der Waals surface area contributed by atoms with Gasteiger partial charge in [-0.2, -0.15) is 0 Å². The quantitative estimate of drug-likeness (QED) is 0.192. The minimum atomic E-state index is 0. The molecule has 6 heteroatoms. The van der Waals surface area contributed by atoms with Crippen LogP contribution in [-0.2, 0) is 9.47 Å². The van der Waals surface area contributed by atoms with E-state index in [4.69, 9.17) is 9.47 Å². The fourth-order valence-corrected chi connectivity index (χ4v) is 4.95. The predicted octanol–water partition coefficient (Wildman–Crippen LogP) is -4.10. The molecule has 3 atom stereocenters. The second-order valence-corrected chi connectivity index (χ2v) is 8.37. The molecule has 0 N–H and O–H groups in total. The Balaban J connectivity index is 0.00000144. The van der Waals surface area contributed by atoms with Gasteiger partial charge in [0.2, 0.25) is 0 Å². The molecule has 0 saturated carbocycles. The molecule has 0 radical (unpaired) electrons. The molecule has 0 spiro atoms. The van der Waals surface area contributed by atoms with Crippen LogP contribution in [0.15, 0.2) is 0 Å². The molecule has 3 fully saturated rings. The largest absolute Gasteiger partial charge is 1.00 e. The van der Waals surface area contributed by atoms with Gasteiger partial charge in [0.1, 0.15) is 19.6 Å². The molecule has 0 aliphatic carbocycles. The summed E-state index contributed by atoms with van der Waals surface area (Å²) in [6.45, 7) is 9.97. The molecule has 3 saturated heterocycles. The summed E-state index contributed by atoms with van der Waals surface area (Å²) in [6.07, 6.45) is 7.07. The SMILES string of the molecule is C[N+]1(CCOCC2CCC[N+]3(C)CCCCC23)CCOCC1.[I-].[I-]. The normalized spacial score (nSPS) is 35.2. The average molecular weight is 566 g/mol. The van der Waals surface area contributed by atoms with Gasteiger partial charge < -0.3 is 66.4 Å². The zero-order valence-electron chi connectivity index (χ0n) is 15.5. The zero-order valence-corrected chi connectivity index (χ0v) is 19.8. The lowest BCUT2D eigenvalue weighted by atomic mass is 9.82. The van der Waals surface area contributed by atoms with Gasteiger partial charge in [-0.15, -0.1) is 0 Å². The first kappa shape index (κ1) is 23.3. The summed E-state index contributed by atoms with van der Waals surface area (Å²) in [6, 6.07) is 0.871. The monoisotopic (exact) mass is 566 g/mol. The van der Waals surface area contributed by atoms with Gasteiger partial charge >= 0.3 is 0 Å². The van der Waals surface area contributed by atoms with E-state index >= 15 is 0 Å². The Bertz CT molecular complexity index is 363. The number of quaternary nitrogens is 2. The number of likely N-dealkylation sites (N-methyl/N-ethyl adjacent to an activating group) is 1. The van der Waals surface area contributed by atoms with E-state index in [-0.39, 0.29) is 48.0 Å². The summed E-state index contributed by atoms with van der Waals surface area (Å²) in [7, 11) is 4.84. The van der Waals surface area contributed by atoms with E-state index in [9.17, 15) is 0 Å². The second kappa shape index (κ2) is 10.6. The maximum atomic E-state index is 6.17. The van der Waals surface area contributed by atoms with Crippen molar-refractivity contribution in [2.24, 2.45) is 5.92 Å². The number of hydrogen-bond donors (Lipinski definition) is 0. The van der Waals surface area contributed by atoms with E-state index in [0.29, 0.717) is 0 Å². The third-order valence-corrected chi connectivity index (χ3v) is 6.67. The first-order valence-corrected chi connectivity index (χ1v) is 9.45. The standard InChI is InChI=1S/C18H36N2O2.2HI/c1-19(10-13-21-14-11-19)12-15-22-16-17-6-5-9-20(2)8-4-3-7-18(17)20;;/h17-18H,3-16H2,1-2H3;2*1H/q+2;;/p-2. The highest BCUT2D eigenvalue weighted by Crippen LogP contribution is 2.36. The molecule has 144 valence electrons. The van der Waals surface area contributed by atoms with Crippen LogP contribution in [0.25, 0.3) is 0 Å². The van der Waals surface area contributed by atoms with Gasteiger partial charge in [-0.1, -0.05) is 0 Å². The highest BCUT2D eigenvalue weighted by molar-refractivity contribution is 4.78. The first-order valence-electron chi connectivity index (χ1n) is 9.45. The lowest BCUT2D eigenvalue weighted by Crippen LogP contribution is -3.00. The van der Waals surface area contributed by atoms with E-state index in [2.05, 4.69) is 14.1 Å². The van der Waals surface area contributed by atoms with Gasteiger partial charge in [-0.25, -0.2) is 0 Å². The molecule has 4 nitrogen and oxygen atoms in total. The predicted molar refractivity (Wildman–Crippen MR) is 88.7 cm³/mol. The van der Waals surface area contributed by atoms with Gasteiger partial charge in [0.05, 0.1) is 59.7 Å². The van der Waals surface area contributed by atoms with Crippen molar-refractivity contribution in [2.75, 3.05) is 73.2 Å². The van der Waals surface area contributed by atoms with Crippen LogP contribution in [0.1, 0.15) is 32.1 Å². The van der Waals surface area contributed by atoms with Gasteiger partial charge in [-0.05, 0) is 25.7 Å². The number of ether oxygens (including phenoxy) is 2. The van der Waals surface area contributed by atoms with Crippen LogP contribution in [0.4, 0.5) is 0 Å². The molecular formula is C18H36I2N2O2. The van der Waals surface area contributed by atoms with Crippen molar-refractivity contribution < 1.29 is 66.4 Å². The van der Waals surface area contributed by atoms with Crippen LogP contribution in [0.2, 0.25) is 0 Å². The van der Waals surface area contributed by atoms with Gasteiger partial charge in [0.15, 0.2) is 0 Å². The number of halogens is 2. The van der Waals surface area contributed by atoms with Crippen molar-refractivity contribution in [1.29, 1.82) is 0 Å². The van der Waals surface area contributed by atoms with E-state index in [1.165, 1.54) is 49.7 Å². The molecule has 0 aromatic heterocycles. The van der Waals surface area contributed by atoms with Gasteiger partial charge in [0, 0.05) is 12.3 Å². The van der Waals surface area contributed by atoms with Gasteiger partial charge in [-0.3, -0.25) is 0 Å². The Kier molecular flexibility index (Phi) is 10.3. The molecule has 3 aliphatic rings. The van der Waals surface area contributed by atoms with Crippen molar-refractivity contribution >= 4 is 0 Å². The summed E-state index contributed by atoms with van der Waals surface area (Å²) >= 11 is 0. The molecule has 0 bridgehead atoms. The first-order chi connectivity index (χ1) is 10.6. The minimum absolute atomic E-state index is 0. The number of nitrogens with zero attached hydrogens (tertiary/aromatic N) is 2. The highest BCUT2D eigenvalue weighted by Gasteiger charge is 2.43. The Morgan fingerprint density at radius 1 is 0.917 bits per heavy atom. The summed E-state index contributed by atoms with van der Waals surface area (Å²) < 4.78 is 14.1. The Morgan fingerprint density at radius 3 is 2.38 bits per heavy atom. The summed E-state index contributed by atoms with van der Waals surface area (Å²) in [4.78, 5) is 0. The van der Waals surface area contributed by atoms with Crippen molar-refractivity contribution in [2.45, 2.75) is 38.1 Å². The van der Waals surface area contributed by atoms with E-state index < -0.39 is 0 Å². The molecule has 3 unspecified atom stereocenters. The van der Waals surface area contributed by atoms with Crippen LogP contribution < -0.4 is 48.0 Å². The fraction of sp³-hybridized carbons (Fsp3) is 1.00. The lowest BCUT2D eigenvalue weighted by molar-refractivity contribution is -0.947. The van der Waals surface area contributed by atoms with Gasteiger partial charge in [0.25, 0.3) is 0 Å². The summed E-state index contributed by atoms with van der Waals surface area (Å²) in [5.74, 6) is 0.800. The number of fused-ring (bicyclic) bond motifs is 1. The second-order valence-electron chi connectivity index (χ2n) is 8.37. The van der Waals surface area contributed by atoms with Crippen LogP contribution in [0, 0.1) is 5.92 Å². The third-order valence-electron chi connectivity index (χ3n) is 6.67. The maximum Gasteiger partial charge on any atom is 0.102 e. The molecule has 0 aromatic carbocycles. The zero-order chi connectivity index (χ0) is 15.5. The smallest absolute Gasteiger partial charge is 0.102 e. The molecule has 3 heterocycles. The van der Waals surface area contributed by atoms with E-state index in [0.717, 1.165) is 62.5 Å². The van der Waals surface area contributed by atoms with Crippen LogP contribution in [-0.4, -0.2) is 88.3 Å². The Hall–Kier alpha value is 1.30. The maximum absolute atomic E-state index is 6.17. The number of rotatable bonds is 5. The molecule has 0 aromatic rings. The Morgan fingerprint density at radius 2 is 1.62 bits per heavy atom. The van der Waals surface area contributed by atoms with Crippen LogP contribution >= 0.6 is 0 Å². The molecular weight excluding hydrogens is 530 g/mol. The summed E-state index contributed by atoms with van der Waals surface area (Å²) in [5.41, 5.74) is 0. The highest BCUT2D eigenvalue weighted by atomic mass is 127. The van der Waals surface area contributed by atoms with E-state index in [1.54, 1.807) is 0 Å². The molecule has 0 amide bonds. The fourth-order valence-electron chi connectivity index (χ4n) is 4.95.